The molecule has 19 heavy (non-hydrogen) atoms. The van der Waals surface area contributed by atoms with Crippen molar-refractivity contribution < 1.29 is 13.9 Å². The Morgan fingerprint density at radius 2 is 1.95 bits per heavy atom. The highest BCUT2D eigenvalue weighted by Crippen LogP contribution is 2.30. The van der Waals surface area contributed by atoms with Crippen LogP contribution in [0, 0.1) is 0 Å². The molecular weight excluding hydrogens is 240 g/mol. The van der Waals surface area contributed by atoms with E-state index in [1.54, 1.807) is 13.0 Å². The molecule has 0 aliphatic carbocycles. The van der Waals surface area contributed by atoms with Crippen molar-refractivity contribution >= 4 is 5.97 Å². The van der Waals surface area contributed by atoms with Gasteiger partial charge in [-0.1, -0.05) is 44.2 Å². The topological polar surface area (TPSA) is 39.4 Å². The van der Waals surface area contributed by atoms with E-state index in [9.17, 15) is 4.79 Å². The Labute approximate surface area is 113 Å². The number of benzene rings is 1. The number of hydrogen-bond acceptors (Lipinski definition) is 3. The summed E-state index contributed by atoms with van der Waals surface area (Å²) in [5.41, 5.74) is 1.48. The van der Waals surface area contributed by atoms with Crippen molar-refractivity contribution in [1.82, 2.24) is 0 Å². The minimum atomic E-state index is -0.322. The predicted molar refractivity (Wildman–Crippen MR) is 74.2 cm³/mol. The summed E-state index contributed by atoms with van der Waals surface area (Å²) in [7, 11) is 0. The second-order valence-electron chi connectivity index (χ2n) is 4.63. The van der Waals surface area contributed by atoms with Crippen molar-refractivity contribution in [3.05, 3.63) is 47.7 Å². The molecule has 1 aromatic carbocycles. The lowest BCUT2D eigenvalue weighted by Gasteiger charge is -2.04. The van der Waals surface area contributed by atoms with Crippen LogP contribution in [-0.4, -0.2) is 12.6 Å². The summed E-state index contributed by atoms with van der Waals surface area (Å²) in [5.74, 6) is 1.19. The fraction of sp³-hybridized carbons (Fsp3) is 0.312. The summed E-state index contributed by atoms with van der Waals surface area (Å²) in [6.45, 7) is 6.15. The molecule has 0 saturated heterocycles. The summed E-state index contributed by atoms with van der Waals surface area (Å²) in [5, 5.41) is 0. The van der Waals surface area contributed by atoms with Gasteiger partial charge in [0.1, 0.15) is 17.1 Å². The van der Waals surface area contributed by atoms with Gasteiger partial charge < -0.3 is 9.15 Å². The Morgan fingerprint density at radius 3 is 2.53 bits per heavy atom. The molecule has 0 amide bonds. The van der Waals surface area contributed by atoms with Crippen LogP contribution in [0.4, 0.5) is 0 Å². The molecule has 0 spiro atoms. The highest BCUT2D eigenvalue weighted by molar-refractivity contribution is 5.92. The second-order valence-corrected chi connectivity index (χ2v) is 4.63. The molecule has 2 aromatic rings. The second kappa shape index (κ2) is 5.74. The van der Waals surface area contributed by atoms with Gasteiger partial charge in [0.05, 0.1) is 6.61 Å². The van der Waals surface area contributed by atoms with E-state index in [1.165, 1.54) is 0 Å². The molecule has 1 heterocycles. The zero-order valence-corrected chi connectivity index (χ0v) is 11.5. The first-order valence-electron chi connectivity index (χ1n) is 6.49. The van der Waals surface area contributed by atoms with Crippen molar-refractivity contribution in [2.45, 2.75) is 26.7 Å². The largest absolute Gasteiger partial charge is 0.462 e. The molecule has 0 fully saturated rings. The average Bonchev–Trinajstić information content (AvgIpc) is 2.85. The molecule has 0 N–H and O–H groups in total. The van der Waals surface area contributed by atoms with E-state index in [0.717, 1.165) is 5.56 Å². The van der Waals surface area contributed by atoms with Gasteiger partial charge in [0.2, 0.25) is 0 Å². The number of rotatable bonds is 4. The van der Waals surface area contributed by atoms with Gasteiger partial charge in [-0.15, -0.1) is 0 Å². The van der Waals surface area contributed by atoms with Crippen LogP contribution >= 0.6 is 0 Å². The van der Waals surface area contributed by atoms with E-state index >= 15 is 0 Å². The van der Waals surface area contributed by atoms with Gasteiger partial charge in [0, 0.05) is 11.5 Å². The molecule has 0 aliphatic heterocycles. The first-order chi connectivity index (χ1) is 9.13. The van der Waals surface area contributed by atoms with Crippen molar-refractivity contribution in [2.24, 2.45) is 0 Å². The Balaban J connectivity index is 2.44. The maximum absolute atomic E-state index is 11.9. The van der Waals surface area contributed by atoms with Crippen LogP contribution in [0.25, 0.3) is 11.3 Å². The van der Waals surface area contributed by atoms with Crippen LogP contribution in [-0.2, 0) is 4.74 Å². The van der Waals surface area contributed by atoms with Gasteiger partial charge in [-0.3, -0.25) is 0 Å². The Morgan fingerprint density at radius 1 is 1.26 bits per heavy atom. The first-order valence-corrected chi connectivity index (χ1v) is 6.49. The van der Waals surface area contributed by atoms with Crippen LogP contribution in [0.3, 0.4) is 0 Å². The third-order valence-electron chi connectivity index (χ3n) is 2.84. The van der Waals surface area contributed by atoms with Crippen LogP contribution < -0.4 is 0 Å². The molecule has 0 atom stereocenters. The highest BCUT2D eigenvalue weighted by atomic mass is 16.5. The molecule has 0 unspecified atom stereocenters. The smallest absolute Gasteiger partial charge is 0.341 e. The fourth-order valence-corrected chi connectivity index (χ4v) is 1.95. The summed E-state index contributed by atoms with van der Waals surface area (Å²) in [6.07, 6.45) is 0. The van der Waals surface area contributed by atoms with Crippen LogP contribution in [0.5, 0.6) is 0 Å². The van der Waals surface area contributed by atoms with Crippen LogP contribution in [0.1, 0.15) is 42.8 Å². The van der Waals surface area contributed by atoms with E-state index in [-0.39, 0.29) is 11.9 Å². The molecule has 0 saturated carbocycles. The third kappa shape index (κ3) is 2.87. The molecule has 2 rings (SSSR count). The molecule has 3 nitrogen and oxygen atoms in total. The maximum Gasteiger partial charge on any atom is 0.341 e. The van der Waals surface area contributed by atoms with E-state index in [2.05, 4.69) is 0 Å². The SMILES string of the molecule is CCOC(=O)c1cc(-c2ccccc2)oc1C(C)C. The molecule has 100 valence electrons. The van der Waals surface area contributed by atoms with Crippen LogP contribution in [0.2, 0.25) is 0 Å². The van der Waals surface area contributed by atoms with E-state index in [0.29, 0.717) is 23.7 Å². The summed E-state index contributed by atoms with van der Waals surface area (Å²) < 4.78 is 10.9. The summed E-state index contributed by atoms with van der Waals surface area (Å²) in [4.78, 5) is 11.9. The van der Waals surface area contributed by atoms with Crippen molar-refractivity contribution in [3.8, 4) is 11.3 Å². The molecule has 3 heteroatoms. The van der Waals surface area contributed by atoms with Gasteiger partial charge in [-0.05, 0) is 13.0 Å². The lowest BCUT2D eigenvalue weighted by Crippen LogP contribution is -2.06. The molecule has 1 aromatic heterocycles. The fourth-order valence-electron chi connectivity index (χ4n) is 1.95. The minimum absolute atomic E-state index is 0.136. The summed E-state index contributed by atoms with van der Waals surface area (Å²) >= 11 is 0. The van der Waals surface area contributed by atoms with Gasteiger partial charge in [-0.2, -0.15) is 0 Å². The van der Waals surface area contributed by atoms with E-state index in [1.807, 2.05) is 44.2 Å². The number of furan rings is 1. The lowest BCUT2D eigenvalue weighted by atomic mass is 10.1. The van der Waals surface area contributed by atoms with Crippen molar-refractivity contribution in [1.29, 1.82) is 0 Å². The molecule has 0 bridgehead atoms. The molecular formula is C16H18O3. The monoisotopic (exact) mass is 258 g/mol. The van der Waals surface area contributed by atoms with Gasteiger partial charge in [0.15, 0.2) is 0 Å². The normalized spacial score (nSPS) is 10.7. The number of hydrogen-bond donors (Lipinski definition) is 0. The minimum Gasteiger partial charge on any atom is -0.462 e. The number of carbonyl (C=O) groups is 1. The number of ether oxygens (including phenoxy) is 1. The van der Waals surface area contributed by atoms with E-state index in [4.69, 9.17) is 9.15 Å². The van der Waals surface area contributed by atoms with Gasteiger partial charge in [0.25, 0.3) is 0 Å². The first kappa shape index (κ1) is 13.4. The quantitative estimate of drug-likeness (QED) is 0.770. The standard InChI is InChI=1S/C16H18O3/c1-4-18-16(17)13-10-14(19-15(13)11(2)3)12-8-6-5-7-9-12/h5-11H,4H2,1-3H3. The molecule has 0 aliphatic rings. The zero-order valence-electron chi connectivity index (χ0n) is 11.5. The van der Waals surface area contributed by atoms with Crippen molar-refractivity contribution in [3.63, 3.8) is 0 Å². The average molecular weight is 258 g/mol. The summed E-state index contributed by atoms with van der Waals surface area (Å²) in [6, 6.07) is 11.5. The van der Waals surface area contributed by atoms with Gasteiger partial charge in [-0.25, -0.2) is 4.79 Å². The number of carbonyl (C=O) groups excluding carboxylic acids is 1. The molecule has 0 radical (unpaired) electrons. The van der Waals surface area contributed by atoms with Crippen LogP contribution in [0.15, 0.2) is 40.8 Å². The highest BCUT2D eigenvalue weighted by Gasteiger charge is 2.21. The lowest BCUT2D eigenvalue weighted by molar-refractivity contribution is 0.0523. The zero-order chi connectivity index (χ0) is 13.8. The third-order valence-corrected chi connectivity index (χ3v) is 2.84. The maximum atomic E-state index is 11.9. The van der Waals surface area contributed by atoms with Gasteiger partial charge >= 0.3 is 5.97 Å². The van der Waals surface area contributed by atoms with Crippen molar-refractivity contribution in [2.75, 3.05) is 6.61 Å². The Hall–Kier alpha value is -2.03. The Kier molecular flexibility index (Phi) is 4.05. The predicted octanol–water partition coefficient (Wildman–Crippen LogP) is 4.25. The number of esters is 1. The van der Waals surface area contributed by atoms with E-state index < -0.39 is 0 Å². The Bertz CT molecular complexity index is 553.